The van der Waals surface area contributed by atoms with Gasteiger partial charge < -0.3 is 21.1 Å². The molecule has 1 unspecified atom stereocenters. The summed E-state index contributed by atoms with van der Waals surface area (Å²) in [4.78, 5) is 10.4. The smallest absolute Gasteiger partial charge is 0.312 e. The van der Waals surface area contributed by atoms with E-state index in [0.717, 1.165) is 13.1 Å². The van der Waals surface area contributed by atoms with Gasteiger partial charge in [0.1, 0.15) is 0 Å². The van der Waals surface area contributed by atoms with Gasteiger partial charge in [0.15, 0.2) is 0 Å². The minimum atomic E-state index is -0.499. The van der Waals surface area contributed by atoms with Crippen LogP contribution < -0.4 is 16.4 Å². The second-order valence-corrected chi connectivity index (χ2v) is 2.55. The van der Waals surface area contributed by atoms with Gasteiger partial charge >= 0.3 is 6.03 Å². The molecule has 0 aromatic carbocycles. The average molecular weight is 159 g/mol. The highest BCUT2D eigenvalue weighted by Crippen LogP contribution is 2.02. The first-order valence-electron chi connectivity index (χ1n) is 3.53. The highest BCUT2D eigenvalue weighted by Gasteiger charge is 2.27. The summed E-state index contributed by atoms with van der Waals surface area (Å²) in [6, 6.07) is -0.488. The largest absolute Gasteiger partial charge is 0.378 e. The second-order valence-electron chi connectivity index (χ2n) is 2.55. The summed E-state index contributed by atoms with van der Waals surface area (Å²) in [6.07, 6.45) is 0.0440. The zero-order valence-electron chi connectivity index (χ0n) is 6.46. The van der Waals surface area contributed by atoms with Crippen molar-refractivity contribution in [3.8, 4) is 0 Å². The molecule has 1 rings (SSSR count). The Labute approximate surface area is 65.3 Å². The number of hydrogen-bond donors (Lipinski definition) is 3. The lowest BCUT2D eigenvalue weighted by molar-refractivity contribution is 0.0989. The van der Waals surface area contributed by atoms with Crippen molar-refractivity contribution in [1.82, 2.24) is 10.6 Å². The predicted molar refractivity (Wildman–Crippen MR) is 40.2 cm³/mol. The van der Waals surface area contributed by atoms with Crippen LogP contribution in [0.25, 0.3) is 0 Å². The molecule has 1 fully saturated rings. The molecule has 0 aromatic heterocycles. The number of carbonyl (C=O) groups is 1. The summed E-state index contributed by atoms with van der Waals surface area (Å²) in [6.45, 7) is 1.49. The molecule has 0 radical (unpaired) electrons. The Morgan fingerprint density at radius 2 is 2.45 bits per heavy atom. The third kappa shape index (κ3) is 2.06. The average Bonchev–Trinajstić information content (AvgIpc) is 2.34. The molecule has 5 nitrogen and oxygen atoms in total. The van der Waals surface area contributed by atoms with Crippen LogP contribution in [-0.4, -0.2) is 38.4 Å². The van der Waals surface area contributed by atoms with Crippen LogP contribution in [0, 0.1) is 0 Å². The zero-order valence-corrected chi connectivity index (χ0v) is 6.46. The summed E-state index contributed by atoms with van der Waals surface area (Å²) < 4.78 is 5.09. The quantitative estimate of drug-likeness (QED) is 0.466. The lowest BCUT2D eigenvalue weighted by Gasteiger charge is -2.16. The molecule has 0 saturated carbocycles. The first-order valence-corrected chi connectivity index (χ1v) is 3.53. The van der Waals surface area contributed by atoms with Crippen molar-refractivity contribution in [3.05, 3.63) is 0 Å². The Kier molecular flexibility index (Phi) is 2.67. The molecule has 4 N–H and O–H groups in total. The van der Waals surface area contributed by atoms with Crippen molar-refractivity contribution in [3.63, 3.8) is 0 Å². The van der Waals surface area contributed by atoms with Crippen LogP contribution in [0.3, 0.4) is 0 Å². The normalized spacial score (nSPS) is 30.3. The number of methoxy groups -OCH3 is 1. The predicted octanol–water partition coefficient (Wildman–Crippen LogP) is -1.36. The third-order valence-corrected chi connectivity index (χ3v) is 1.79. The van der Waals surface area contributed by atoms with Gasteiger partial charge in [-0.25, -0.2) is 4.79 Å². The first-order chi connectivity index (χ1) is 5.24. The summed E-state index contributed by atoms with van der Waals surface area (Å²) in [5, 5.41) is 5.68. The Morgan fingerprint density at radius 1 is 1.73 bits per heavy atom. The van der Waals surface area contributed by atoms with Gasteiger partial charge in [-0.05, 0) is 0 Å². The van der Waals surface area contributed by atoms with Gasteiger partial charge in [-0.1, -0.05) is 0 Å². The van der Waals surface area contributed by atoms with Crippen LogP contribution in [0.4, 0.5) is 4.79 Å². The number of amides is 2. The first kappa shape index (κ1) is 8.29. The van der Waals surface area contributed by atoms with E-state index in [-0.39, 0.29) is 12.1 Å². The fourth-order valence-corrected chi connectivity index (χ4v) is 1.23. The molecule has 2 amide bonds. The summed E-state index contributed by atoms with van der Waals surface area (Å²) in [5.41, 5.74) is 4.96. The Hall–Kier alpha value is -0.810. The van der Waals surface area contributed by atoms with Crippen molar-refractivity contribution in [2.24, 2.45) is 5.73 Å². The molecule has 5 heteroatoms. The number of ether oxygens (including phenoxy) is 1. The monoisotopic (exact) mass is 159 g/mol. The molecule has 1 saturated heterocycles. The zero-order chi connectivity index (χ0) is 8.27. The highest BCUT2D eigenvalue weighted by molar-refractivity contribution is 5.72. The number of hydrogen-bond acceptors (Lipinski definition) is 3. The van der Waals surface area contributed by atoms with Crippen LogP contribution in [-0.2, 0) is 4.74 Å². The second kappa shape index (κ2) is 3.54. The lowest BCUT2D eigenvalue weighted by atomic mass is 10.2. The van der Waals surface area contributed by atoms with Gasteiger partial charge in [-0.3, -0.25) is 0 Å². The van der Waals surface area contributed by atoms with E-state index in [4.69, 9.17) is 10.5 Å². The Morgan fingerprint density at radius 3 is 3.00 bits per heavy atom. The number of primary amides is 1. The number of rotatable bonds is 2. The van der Waals surface area contributed by atoms with Crippen LogP contribution in [0.5, 0.6) is 0 Å². The molecule has 0 bridgehead atoms. The Balaban J connectivity index is 2.37. The molecule has 11 heavy (non-hydrogen) atoms. The molecule has 1 aliphatic heterocycles. The molecule has 64 valence electrons. The summed E-state index contributed by atoms with van der Waals surface area (Å²) in [7, 11) is 1.62. The minimum Gasteiger partial charge on any atom is -0.378 e. The summed E-state index contributed by atoms with van der Waals surface area (Å²) >= 11 is 0. The van der Waals surface area contributed by atoms with Gasteiger partial charge in [-0.2, -0.15) is 0 Å². The van der Waals surface area contributed by atoms with Crippen LogP contribution in [0.2, 0.25) is 0 Å². The van der Waals surface area contributed by atoms with E-state index in [9.17, 15) is 4.79 Å². The Bertz CT molecular complexity index is 151. The van der Waals surface area contributed by atoms with Gasteiger partial charge in [-0.15, -0.1) is 0 Å². The van der Waals surface area contributed by atoms with E-state index in [1.54, 1.807) is 7.11 Å². The number of carbonyl (C=O) groups excluding carboxylic acids is 1. The molecule has 1 aliphatic rings. The number of nitrogens with two attached hydrogens (primary N) is 1. The van der Waals surface area contributed by atoms with Gasteiger partial charge in [0.2, 0.25) is 0 Å². The fourth-order valence-electron chi connectivity index (χ4n) is 1.23. The van der Waals surface area contributed by atoms with E-state index in [2.05, 4.69) is 10.6 Å². The number of urea groups is 1. The lowest BCUT2D eigenvalue weighted by Crippen LogP contribution is -2.45. The van der Waals surface area contributed by atoms with E-state index in [1.807, 2.05) is 0 Å². The fraction of sp³-hybridized carbons (Fsp3) is 0.833. The molecule has 0 spiro atoms. The molecule has 2 atom stereocenters. The molecule has 1 heterocycles. The standard InChI is InChI=1S/C6H13N3O2/c1-11-5-3-8-2-4(5)9-6(7)10/h4-5,8H,2-3H2,1H3,(H3,7,9,10)/t4?,5-/m0/s1. The maximum Gasteiger partial charge on any atom is 0.312 e. The molecule has 0 aliphatic carbocycles. The van der Waals surface area contributed by atoms with Gasteiger partial charge in [0.25, 0.3) is 0 Å². The van der Waals surface area contributed by atoms with Crippen LogP contribution in [0.15, 0.2) is 0 Å². The minimum absolute atomic E-state index is 0.0116. The van der Waals surface area contributed by atoms with E-state index < -0.39 is 6.03 Å². The topological polar surface area (TPSA) is 76.4 Å². The van der Waals surface area contributed by atoms with Crippen LogP contribution in [0.1, 0.15) is 0 Å². The van der Waals surface area contributed by atoms with E-state index in [0.29, 0.717) is 0 Å². The van der Waals surface area contributed by atoms with Gasteiger partial charge in [0, 0.05) is 20.2 Å². The van der Waals surface area contributed by atoms with Crippen molar-refractivity contribution in [2.45, 2.75) is 12.1 Å². The maximum atomic E-state index is 10.4. The van der Waals surface area contributed by atoms with E-state index in [1.165, 1.54) is 0 Å². The SMILES string of the molecule is CO[C@H]1CNCC1NC(N)=O. The van der Waals surface area contributed by atoms with E-state index >= 15 is 0 Å². The van der Waals surface area contributed by atoms with Crippen molar-refractivity contribution < 1.29 is 9.53 Å². The molecule has 0 aromatic rings. The highest BCUT2D eigenvalue weighted by atomic mass is 16.5. The number of nitrogens with one attached hydrogen (secondary N) is 2. The van der Waals surface area contributed by atoms with Crippen molar-refractivity contribution in [2.75, 3.05) is 20.2 Å². The third-order valence-electron chi connectivity index (χ3n) is 1.79. The van der Waals surface area contributed by atoms with Crippen LogP contribution >= 0.6 is 0 Å². The summed E-state index contributed by atoms with van der Waals surface area (Å²) in [5.74, 6) is 0. The maximum absolute atomic E-state index is 10.4. The molecular weight excluding hydrogens is 146 g/mol. The van der Waals surface area contributed by atoms with Crippen molar-refractivity contribution in [1.29, 1.82) is 0 Å². The van der Waals surface area contributed by atoms with Gasteiger partial charge in [0.05, 0.1) is 12.1 Å². The van der Waals surface area contributed by atoms with Crippen molar-refractivity contribution >= 4 is 6.03 Å². The molecular formula is C6H13N3O2.